The minimum Gasteiger partial charge on any atom is -0.299 e. The minimum absolute atomic E-state index is 0.175. The Morgan fingerprint density at radius 3 is 3.00 bits per heavy atom. The number of aromatic nitrogens is 3. The zero-order chi connectivity index (χ0) is 10.7. The van der Waals surface area contributed by atoms with Crippen molar-refractivity contribution in [3.05, 3.63) is 34.3 Å². The number of ketones is 1. The maximum Gasteiger partial charge on any atom is 0.143 e. The number of aryl methyl sites for hydroxylation is 1. The fourth-order valence-electron chi connectivity index (χ4n) is 1.36. The molecule has 4 nitrogen and oxygen atoms in total. The van der Waals surface area contributed by atoms with Crippen LogP contribution < -0.4 is 0 Å². The summed E-state index contributed by atoms with van der Waals surface area (Å²) in [6, 6.07) is 1.97. The molecule has 0 fully saturated rings. The number of hydrogen-bond donors (Lipinski definition) is 0. The quantitative estimate of drug-likeness (QED) is 0.780. The topological polar surface area (TPSA) is 47.8 Å². The van der Waals surface area contributed by atoms with Crippen molar-refractivity contribution < 1.29 is 4.79 Å². The van der Waals surface area contributed by atoms with Gasteiger partial charge in [0.15, 0.2) is 0 Å². The number of carbonyl (C=O) groups excluding carboxylic acids is 1. The number of Topliss-reactive ketones (excluding diaryl/α,β-unsaturated/α-hetero) is 1. The molecule has 0 aliphatic rings. The number of nitrogens with zero attached hydrogens (tertiary/aromatic N) is 3. The van der Waals surface area contributed by atoms with Crippen LogP contribution in [0.25, 0.3) is 0 Å². The lowest BCUT2D eigenvalue weighted by Crippen LogP contribution is -2.06. The van der Waals surface area contributed by atoms with Crippen molar-refractivity contribution in [1.82, 2.24) is 15.0 Å². The highest BCUT2D eigenvalue weighted by Gasteiger charge is 2.07. The number of carbonyl (C=O) groups is 1. The Morgan fingerprint density at radius 2 is 2.40 bits per heavy atom. The molecule has 0 bridgehead atoms. The highest BCUT2D eigenvalue weighted by atomic mass is 32.1. The summed E-state index contributed by atoms with van der Waals surface area (Å²) in [6.07, 6.45) is 2.62. The molecule has 5 heteroatoms. The smallest absolute Gasteiger partial charge is 0.143 e. The molecular weight excluding hydrogens is 210 g/mol. The van der Waals surface area contributed by atoms with Crippen LogP contribution in [0.1, 0.15) is 11.3 Å². The van der Waals surface area contributed by atoms with Gasteiger partial charge in [0.1, 0.15) is 5.78 Å². The van der Waals surface area contributed by atoms with Crippen LogP contribution in [0.3, 0.4) is 0 Å². The summed E-state index contributed by atoms with van der Waals surface area (Å²) in [7, 11) is 1.79. The molecule has 0 atom stereocenters. The molecule has 2 rings (SSSR count). The molecule has 0 aliphatic carbocycles. The second kappa shape index (κ2) is 4.35. The zero-order valence-corrected chi connectivity index (χ0v) is 9.20. The van der Waals surface area contributed by atoms with Crippen molar-refractivity contribution in [3.8, 4) is 0 Å². The van der Waals surface area contributed by atoms with Crippen molar-refractivity contribution in [3.63, 3.8) is 0 Å². The molecule has 78 valence electrons. The van der Waals surface area contributed by atoms with E-state index in [1.165, 1.54) is 0 Å². The van der Waals surface area contributed by atoms with Gasteiger partial charge >= 0.3 is 0 Å². The summed E-state index contributed by atoms with van der Waals surface area (Å²) in [4.78, 5) is 11.6. The Hall–Kier alpha value is -1.49. The summed E-state index contributed by atoms with van der Waals surface area (Å²) in [5.41, 5.74) is 1.81. The second-order valence-corrected chi connectivity index (χ2v) is 4.19. The zero-order valence-electron chi connectivity index (χ0n) is 8.38. The second-order valence-electron chi connectivity index (χ2n) is 3.41. The molecule has 0 radical (unpaired) electrons. The summed E-state index contributed by atoms with van der Waals surface area (Å²) in [6.45, 7) is 0. The van der Waals surface area contributed by atoms with Crippen molar-refractivity contribution in [1.29, 1.82) is 0 Å². The van der Waals surface area contributed by atoms with Gasteiger partial charge in [-0.3, -0.25) is 9.48 Å². The van der Waals surface area contributed by atoms with Gasteiger partial charge in [-0.25, -0.2) is 0 Å². The summed E-state index contributed by atoms with van der Waals surface area (Å²) >= 11 is 1.61. The van der Waals surface area contributed by atoms with E-state index in [0.29, 0.717) is 12.8 Å². The highest BCUT2D eigenvalue weighted by molar-refractivity contribution is 7.07. The van der Waals surface area contributed by atoms with Crippen molar-refractivity contribution in [2.45, 2.75) is 12.8 Å². The van der Waals surface area contributed by atoms with Crippen LogP contribution in [0.4, 0.5) is 0 Å². The Balaban J connectivity index is 1.93. The van der Waals surface area contributed by atoms with E-state index in [1.54, 1.807) is 29.3 Å². The Bertz CT molecular complexity index is 447. The van der Waals surface area contributed by atoms with Crippen LogP contribution in [0.5, 0.6) is 0 Å². The lowest BCUT2D eigenvalue weighted by atomic mass is 10.1. The first-order chi connectivity index (χ1) is 7.24. The van der Waals surface area contributed by atoms with E-state index in [0.717, 1.165) is 11.3 Å². The van der Waals surface area contributed by atoms with E-state index >= 15 is 0 Å². The van der Waals surface area contributed by atoms with E-state index in [2.05, 4.69) is 10.3 Å². The molecule has 0 N–H and O–H groups in total. The molecule has 15 heavy (non-hydrogen) atoms. The number of hydrogen-bond acceptors (Lipinski definition) is 4. The van der Waals surface area contributed by atoms with Crippen LogP contribution in [0, 0.1) is 0 Å². The molecule has 2 aromatic rings. The predicted octanol–water partition coefficient (Wildman–Crippen LogP) is 1.23. The van der Waals surface area contributed by atoms with Crippen LogP contribution in [-0.4, -0.2) is 20.8 Å². The number of thiophene rings is 1. The minimum atomic E-state index is 0.175. The molecule has 0 unspecified atom stereocenters. The third-order valence-corrected chi connectivity index (χ3v) is 2.74. The molecular formula is C10H11N3OS. The van der Waals surface area contributed by atoms with E-state index in [1.807, 2.05) is 16.8 Å². The van der Waals surface area contributed by atoms with Gasteiger partial charge in [0, 0.05) is 19.7 Å². The molecule has 0 amide bonds. The van der Waals surface area contributed by atoms with Gasteiger partial charge < -0.3 is 0 Å². The maximum absolute atomic E-state index is 11.6. The molecule has 0 saturated carbocycles. The summed E-state index contributed by atoms with van der Waals surface area (Å²) in [5, 5.41) is 11.6. The molecule has 0 aliphatic heterocycles. The standard InChI is InChI=1S/C10H11N3OS/c1-13-6-9(11-12-13)5-10(14)4-8-2-3-15-7-8/h2-3,6-7H,4-5H2,1H3. The molecule has 0 aromatic carbocycles. The third-order valence-electron chi connectivity index (χ3n) is 2.01. The van der Waals surface area contributed by atoms with Gasteiger partial charge in [-0.2, -0.15) is 11.3 Å². The van der Waals surface area contributed by atoms with E-state index in [9.17, 15) is 4.79 Å². The van der Waals surface area contributed by atoms with Gasteiger partial charge in [0.2, 0.25) is 0 Å². The molecule has 0 spiro atoms. The number of rotatable bonds is 4. The van der Waals surface area contributed by atoms with Crippen LogP contribution in [0.2, 0.25) is 0 Å². The van der Waals surface area contributed by atoms with Crippen molar-refractivity contribution in [2.75, 3.05) is 0 Å². The molecule has 2 heterocycles. The molecule has 0 saturated heterocycles. The van der Waals surface area contributed by atoms with Crippen LogP contribution in [0.15, 0.2) is 23.0 Å². The van der Waals surface area contributed by atoms with E-state index in [-0.39, 0.29) is 5.78 Å². The Morgan fingerprint density at radius 1 is 1.53 bits per heavy atom. The predicted molar refractivity (Wildman–Crippen MR) is 57.7 cm³/mol. The average Bonchev–Trinajstić information content (AvgIpc) is 2.77. The maximum atomic E-state index is 11.6. The molecule has 2 aromatic heterocycles. The summed E-state index contributed by atoms with van der Waals surface area (Å²) < 4.78 is 1.60. The van der Waals surface area contributed by atoms with Gasteiger partial charge in [0.25, 0.3) is 0 Å². The Kier molecular flexibility index (Phi) is 2.91. The monoisotopic (exact) mass is 221 g/mol. The fraction of sp³-hybridized carbons (Fsp3) is 0.300. The van der Waals surface area contributed by atoms with Gasteiger partial charge in [0.05, 0.1) is 12.1 Å². The van der Waals surface area contributed by atoms with Crippen molar-refractivity contribution >= 4 is 17.1 Å². The lowest BCUT2D eigenvalue weighted by molar-refractivity contribution is -0.117. The third kappa shape index (κ3) is 2.73. The van der Waals surface area contributed by atoms with Crippen LogP contribution >= 0.6 is 11.3 Å². The first-order valence-electron chi connectivity index (χ1n) is 4.62. The average molecular weight is 221 g/mol. The first-order valence-corrected chi connectivity index (χ1v) is 5.56. The Labute approximate surface area is 91.5 Å². The van der Waals surface area contributed by atoms with Crippen LogP contribution in [-0.2, 0) is 24.7 Å². The SMILES string of the molecule is Cn1cc(CC(=O)Cc2ccsc2)nn1. The van der Waals surface area contributed by atoms with Gasteiger partial charge in [-0.05, 0) is 22.4 Å². The fourth-order valence-corrected chi connectivity index (χ4v) is 2.03. The van der Waals surface area contributed by atoms with Crippen molar-refractivity contribution in [2.24, 2.45) is 7.05 Å². The first kappa shape index (κ1) is 10.0. The van der Waals surface area contributed by atoms with E-state index in [4.69, 9.17) is 0 Å². The highest BCUT2D eigenvalue weighted by Crippen LogP contribution is 2.08. The van der Waals surface area contributed by atoms with Gasteiger partial charge in [-0.1, -0.05) is 5.21 Å². The largest absolute Gasteiger partial charge is 0.299 e. The van der Waals surface area contributed by atoms with Gasteiger partial charge in [-0.15, -0.1) is 5.10 Å². The normalized spacial score (nSPS) is 10.5. The van der Waals surface area contributed by atoms with E-state index < -0.39 is 0 Å². The lowest BCUT2D eigenvalue weighted by Gasteiger charge is -1.94. The summed E-state index contributed by atoms with van der Waals surface area (Å²) in [5.74, 6) is 0.175.